The Balaban J connectivity index is 2.38. The Morgan fingerprint density at radius 1 is 1.21 bits per heavy atom. The Bertz CT molecular complexity index is 568. The lowest BCUT2D eigenvalue weighted by Crippen LogP contribution is -2.31. The van der Waals surface area contributed by atoms with Gasteiger partial charge in [-0.15, -0.1) is 0 Å². The molecule has 0 spiro atoms. The van der Waals surface area contributed by atoms with Gasteiger partial charge in [-0.1, -0.05) is 12.1 Å². The third kappa shape index (κ3) is 2.93. The molecule has 19 heavy (non-hydrogen) atoms. The molecule has 1 unspecified atom stereocenters. The zero-order valence-electron chi connectivity index (χ0n) is 10.5. The first kappa shape index (κ1) is 13.6. The van der Waals surface area contributed by atoms with Gasteiger partial charge in [0.15, 0.2) is 0 Å². The van der Waals surface area contributed by atoms with E-state index in [1.807, 2.05) is 12.1 Å². The van der Waals surface area contributed by atoms with Gasteiger partial charge in [0, 0.05) is 12.4 Å². The second kappa shape index (κ2) is 5.41. The van der Waals surface area contributed by atoms with Crippen molar-refractivity contribution in [3.8, 4) is 5.75 Å². The van der Waals surface area contributed by atoms with Gasteiger partial charge < -0.3 is 5.11 Å². The minimum Gasteiger partial charge on any atom is -0.508 e. The molecule has 1 aromatic carbocycles. The predicted molar refractivity (Wildman–Crippen MR) is 74.3 cm³/mol. The molecule has 1 heterocycles. The van der Waals surface area contributed by atoms with Crippen molar-refractivity contribution in [3.63, 3.8) is 0 Å². The van der Waals surface area contributed by atoms with E-state index in [1.165, 1.54) is 0 Å². The number of aromatic hydroxyl groups is 1. The summed E-state index contributed by atoms with van der Waals surface area (Å²) >= 11 is 5.79. The van der Waals surface area contributed by atoms with Crippen LogP contribution in [-0.2, 0) is 16.6 Å². The third-order valence-electron chi connectivity index (χ3n) is 3.25. The number of phenolic OH excluding ortho intramolecular Hbond substituents is 1. The van der Waals surface area contributed by atoms with Crippen LogP contribution in [0, 0.1) is 0 Å². The maximum atomic E-state index is 11.8. The summed E-state index contributed by atoms with van der Waals surface area (Å²) < 4.78 is 0. The molecule has 1 atom stereocenters. The van der Waals surface area contributed by atoms with Crippen LogP contribution in [0.3, 0.4) is 0 Å². The molecule has 0 saturated carbocycles. The molecule has 0 amide bonds. The third-order valence-corrected chi connectivity index (χ3v) is 3.66. The molecule has 2 rings (SSSR count). The van der Waals surface area contributed by atoms with Crippen molar-refractivity contribution in [2.45, 2.75) is 18.8 Å². The van der Waals surface area contributed by atoms with Crippen LogP contribution in [-0.4, -0.2) is 15.3 Å². The molecule has 0 aliphatic heterocycles. The number of hydrogen-bond acceptors (Lipinski definition) is 3. The van der Waals surface area contributed by atoms with Crippen molar-refractivity contribution in [2.24, 2.45) is 0 Å². The fourth-order valence-corrected chi connectivity index (χ4v) is 2.20. The Morgan fingerprint density at radius 3 is 2.32 bits per heavy atom. The van der Waals surface area contributed by atoms with Crippen LogP contribution in [0.15, 0.2) is 48.8 Å². The molecule has 1 aromatic heterocycles. The van der Waals surface area contributed by atoms with Gasteiger partial charge in [-0.25, -0.2) is 0 Å². The van der Waals surface area contributed by atoms with Crippen LogP contribution in [0.1, 0.15) is 18.1 Å². The minimum absolute atomic E-state index is 0.164. The number of halogens is 1. The van der Waals surface area contributed by atoms with Crippen LogP contribution < -0.4 is 0 Å². The number of phenols is 1. The summed E-state index contributed by atoms with van der Waals surface area (Å²) in [6, 6.07) is 10.3. The molecule has 0 aliphatic rings. The second-order valence-electron chi connectivity index (χ2n) is 4.68. The molecule has 0 saturated heterocycles. The van der Waals surface area contributed by atoms with Crippen molar-refractivity contribution in [2.75, 3.05) is 0 Å². The Labute approximate surface area is 116 Å². The van der Waals surface area contributed by atoms with Crippen LogP contribution >= 0.6 is 11.6 Å². The van der Waals surface area contributed by atoms with Crippen molar-refractivity contribution < 1.29 is 9.90 Å². The number of benzene rings is 1. The Hall–Kier alpha value is -1.87. The van der Waals surface area contributed by atoms with Gasteiger partial charge in [0.2, 0.25) is 5.24 Å². The zero-order chi connectivity index (χ0) is 13.9. The van der Waals surface area contributed by atoms with E-state index in [0.717, 1.165) is 11.1 Å². The molecule has 0 fully saturated rings. The molecule has 0 radical (unpaired) electrons. The summed E-state index contributed by atoms with van der Waals surface area (Å²) in [5, 5.41) is 8.90. The van der Waals surface area contributed by atoms with Gasteiger partial charge in [0.25, 0.3) is 0 Å². The van der Waals surface area contributed by atoms with Gasteiger partial charge in [-0.05, 0) is 60.3 Å². The van der Waals surface area contributed by atoms with Gasteiger partial charge in [0.05, 0.1) is 5.41 Å². The van der Waals surface area contributed by atoms with Gasteiger partial charge in [0.1, 0.15) is 5.75 Å². The lowest BCUT2D eigenvalue weighted by Gasteiger charge is -2.26. The normalized spacial score (nSPS) is 13.8. The fourth-order valence-electron chi connectivity index (χ4n) is 2.02. The first-order valence-corrected chi connectivity index (χ1v) is 6.28. The quantitative estimate of drug-likeness (QED) is 0.873. The van der Waals surface area contributed by atoms with Crippen molar-refractivity contribution in [1.82, 2.24) is 4.98 Å². The summed E-state index contributed by atoms with van der Waals surface area (Å²) in [6.45, 7) is 1.80. The summed E-state index contributed by atoms with van der Waals surface area (Å²) in [6.07, 6.45) is 3.86. The van der Waals surface area contributed by atoms with E-state index in [-0.39, 0.29) is 5.75 Å². The Kier molecular flexibility index (Phi) is 3.86. The van der Waals surface area contributed by atoms with Gasteiger partial charge in [-0.2, -0.15) is 0 Å². The highest BCUT2D eigenvalue weighted by Crippen LogP contribution is 2.31. The maximum Gasteiger partial charge on any atom is 0.232 e. The lowest BCUT2D eigenvalue weighted by molar-refractivity contribution is -0.116. The van der Waals surface area contributed by atoms with Crippen molar-refractivity contribution >= 4 is 16.8 Å². The molecule has 98 valence electrons. The lowest BCUT2D eigenvalue weighted by atomic mass is 9.78. The van der Waals surface area contributed by atoms with Crippen molar-refractivity contribution in [3.05, 3.63) is 59.9 Å². The number of rotatable bonds is 4. The van der Waals surface area contributed by atoms with Crippen molar-refractivity contribution in [1.29, 1.82) is 0 Å². The topological polar surface area (TPSA) is 50.2 Å². The van der Waals surface area contributed by atoms with Gasteiger partial charge in [-0.3, -0.25) is 9.78 Å². The van der Waals surface area contributed by atoms with E-state index < -0.39 is 10.7 Å². The highest BCUT2D eigenvalue weighted by atomic mass is 35.5. The number of hydrogen-bond donors (Lipinski definition) is 1. The summed E-state index contributed by atoms with van der Waals surface area (Å²) in [5.41, 5.74) is 0.943. The maximum absolute atomic E-state index is 11.8. The molecule has 0 bridgehead atoms. The summed E-state index contributed by atoms with van der Waals surface area (Å²) in [5.74, 6) is 0.164. The van der Waals surface area contributed by atoms with Crippen LogP contribution in [0.4, 0.5) is 0 Å². The van der Waals surface area contributed by atoms with E-state index in [4.69, 9.17) is 11.6 Å². The first-order valence-electron chi connectivity index (χ1n) is 5.91. The number of aromatic nitrogens is 1. The average molecular weight is 276 g/mol. The summed E-state index contributed by atoms with van der Waals surface area (Å²) in [7, 11) is 0. The molecule has 1 N–H and O–H groups in total. The van der Waals surface area contributed by atoms with E-state index in [1.54, 1.807) is 43.6 Å². The average Bonchev–Trinajstić information content (AvgIpc) is 2.40. The zero-order valence-corrected chi connectivity index (χ0v) is 11.3. The molecule has 3 nitrogen and oxygen atoms in total. The highest BCUT2D eigenvalue weighted by Gasteiger charge is 2.34. The summed E-state index contributed by atoms with van der Waals surface area (Å²) in [4.78, 5) is 15.8. The molecule has 0 aliphatic carbocycles. The van der Waals surface area contributed by atoms with E-state index in [9.17, 15) is 9.90 Å². The molecular formula is C15H14ClNO2. The Morgan fingerprint density at radius 2 is 1.79 bits per heavy atom. The van der Waals surface area contributed by atoms with E-state index >= 15 is 0 Å². The highest BCUT2D eigenvalue weighted by molar-refractivity contribution is 6.65. The van der Waals surface area contributed by atoms with Crippen LogP contribution in [0.5, 0.6) is 5.75 Å². The smallest absolute Gasteiger partial charge is 0.232 e. The van der Waals surface area contributed by atoms with Gasteiger partial charge >= 0.3 is 0 Å². The number of nitrogens with zero attached hydrogens (tertiary/aromatic N) is 1. The fraction of sp³-hybridized carbons (Fsp3) is 0.200. The first-order chi connectivity index (χ1) is 9.02. The number of carbonyl (C=O) groups is 1. The standard InChI is InChI=1S/C15H14ClNO2/c1-15(14(16)19,10-11-6-8-17-9-7-11)12-2-4-13(18)5-3-12/h2-9,18H,10H2,1H3. The molecule has 4 heteroatoms. The monoisotopic (exact) mass is 275 g/mol. The minimum atomic E-state index is -0.823. The molecule has 2 aromatic rings. The largest absolute Gasteiger partial charge is 0.508 e. The van der Waals surface area contributed by atoms with E-state index in [2.05, 4.69) is 4.98 Å². The number of carbonyl (C=O) groups excluding carboxylic acids is 1. The van der Waals surface area contributed by atoms with E-state index in [0.29, 0.717) is 6.42 Å². The number of pyridine rings is 1. The second-order valence-corrected chi connectivity index (χ2v) is 5.03. The SMILES string of the molecule is CC(Cc1ccncc1)(C(=O)Cl)c1ccc(O)cc1. The molecular weight excluding hydrogens is 262 g/mol. The van der Waals surface area contributed by atoms with Crippen LogP contribution in [0.2, 0.25) is 0 Å². The van der Waals surface area contributed by atoms with Crippen LogP contribution in [0.25, 0.3) is 0 Å². The predicted octanol–water partition coefficient (Wildman–Crippen LogP) is 3.05.